The summed E-state index contributed by atoms with van der Waals surface area (Å²) in [4.78, 5) is 29.1. The number of aromatic nitrogens is 1. The Labute approximate surface area is 171 Å². The molecule has 0 saturated carbocycles. The van der Waals surface area contributed by atoms with Gasteiger partial charge in [-0.05, 0) is 54.8 Å². The minimum atomic E-state index is -3.89. The van der Waals surface area contributed by atoms with Crippen LogP contribution in [0.25, 0.3) is 10.9 Å². The molecule has 3 rings (SSSR count). The van der Waals surface area contributed by atoms with Crippen molar-refractivity contribution in [3.05, 3.63) is 40.7 Å². The number of nitrogens with one attached hydrogen (secondary N) is 2. The van der Waals surface area contributed by atoms with Crippen LogP contribution in [-0.2, 0) is 14.8 Å². The predicted octanol–water partition coefficient (Wildman–Crippen LogP) is 2.62. The minimum absolute atomic E-state index is 0.0782. The summed E-state index contributed by atoms with van der Waals surface area (Å²) < 4.78 is 28.7. The van der Waals surface area contributed by atoms with Crippen molar-refractivity contribution in [1.82, 2.24) is 14.6 Å². The van der Waals surface area contributed by atoms with Crippen LogP contribution in [0.4, 0.5) is 0 Å². The molecule has 8 heteroatoms. The highest BCUT2D eigenvalue weighted by molar-refractivity contribution is 7.89. The highest BCUT2D eigenvalue weighted by Crippen LogP contribution is 2.19. The monoisotopic (exact) mass is 419 g/mol. The van der Waals surface area contributed by atoms with Gasteiger partial charge in [-0.1, -0.05) is 26.7 Å². The van der Waals surface area contributed by atoms with E-state index in [1.807, 2.05) is 13.8 Å². The summed E-state index contributed by atoms with van der Waals surface area (Å²) in [5.41, 5.74) is 0.321. The van der Waals surface area contributed by atoms with Gasteiger partial charge in [-0.3, -0.25) is 9.59 Å². The molecule has 1 unspecified atom stereocenters. The van der Waals surface area contributed by atoms with Crippen molar-refractivity contribution >= 4 is 26.8 Å². The zero-order chi connectivity index (χ0) is 21.0. The fourth-order valence-electron chi connectivity index (χ4n) is 3.74. The molecule has 1 aliphatic heterocycles. The predicted molar refractivity (Wildman–Crippen MR) is 113 cm³/mol. The van der Waals surface area contributed by atoms with Crippen LogP contribution in [0.15, 0.2) is 40.0 Å². The first-order chi connectivity index (χ1) is 13.8. The fraction of sp³-hybridized carbons (Fsp3) is 0.524. The van der Waals surface area contributed by atoms with Gasteiger partial charge < -0.3 is 9.88 Å². The number of benzene rings is 1. The number of carbonyl (C=O) groups excluding carboxylic acids is 1. The molecule has 0 spiro atoms. The maximum Gasteiger partial charge on any atom is 0.248 e. The van der Waals surface area contributed by atoms with Crippen LogP contribution in [0.3, 0.4) is 0 Å². The molecule has 1 fully saturated rings. The van der Waals surface area contributed by atoms with Gasteiger partial charge in [0.15, 0.2) is 0 Å². The first-order valence-corrected chi connectivity index (χ1v) is 11.7. The van der Waals surface area contributed by atoms with Gasteiger partial charge in [0.2, 0.25) is 21.5 Å². The lowest BCUT2D eigenvalue weighted by atomic mass is 10.0. The van der Waals surface area contributed by atoms with E-state index in [0.29, 0.717) is 30.4 Å². The number of rotatable bonds is 6. The van der Waals surface area contributed by atoms with Gasteiger partial charge in [0.25, 0.3) is 0 Å². The number of nitrogens with zero attached hydrogens (tertiary/aromatic N) is 1. The van der Waals surface area contributed by atoms with E-state index in [1.165, 1.54) is 18.2 Å². The molecule has 2 N–H and O–H groups in total. The first kappa shape index (κ1) is 21.5. The zero-order valence-corrected chi connectivity index (χ0v) is 17.8. The van der Waals surface area contributed by atoms with Crippen molar-refractivity contribution in [3.63, 3.8) is 0 Å². The summed E-state index contributed by atoms with van der Waals surface area (Å²) in [6.45, 7) is 5.31. The summed E-state index contributed by atoms with van der Waals surface area (Å²) in [6, 6.07) is 6.68. The van der Waals surface area contributed by atoms with Gasteiger partial charge in [-0.15, -0.1) is 0 Å². The minimum Gasteiger partial charge on any atom is -0.341 e. The Bertz CT molecular complexity index is 1020. The van der Waals surface area contributed by atoms with E-state index in [2.05, 4.69) is 9.71 Å². The van der Waals surface area contributed by atoms with Crippen molar-refractivity contribution in [2.75, 3.05) is 13.1 Å². The summed E-state index contributed by atoms with van der Waals surface area (Å²) in [5, 5.41) is 0.617. The third-order valence-corrected chi connectivity index (χ3v) is 6.70. The maximum atomic E-state index is 13.1. The van der Waals surface area contributed by atoms with Crippen molar-refractivity contribution in [2.45, 2.75) is 56.9 Å². The summed E-state index contributed by atoms with van der Waals surface area (Å²) in [6.07, 6.45) is 4.55. The first-order valence-electron chi connectivity index (χ1n) is 10.2. The fourth-order valence-corrected chi connectivity index (χ4v) is 4.97. The number of fused-ring (bicyclic) bond motifs is 1. The van der Waals surface area contributed by atoms with Gasteiger partial charge in [0, 0.05) is 24.7 Å². The Morgan fingerprint density at radius 3 is 2.45 bits per heavy atom. The second-order valence-corrected chi connectivity index (χ2v) is 9.83. The van der Waals surface area contributed by atoms with E-state index in [0.717, 1.165) is 25.7 Å². The van der Waals surface area contributed by atoms with E-state index >= 15 is 0 Å². The van der Waals surface area contributed by atoms with E-state index in [1.54, 1.807) is 17.0 Å². The molecule has 1 amide bonds. The number of H-pyrrole nitrogens is 1. The van der Waals surface area contributed by atoms with Crippen LogP contribution in [0.5, 0.6) is 0 Å². The van der Waals surface area contributed by atoms with Crippen LogP contribution in [0, 0.1) is 5.92 Å². The largest absolute Gasteiger partial charge is 0.341 e. The molecule has 1 saturated heterocycles. The molecule has 0 radical (unpaired) electrons. The van der Waals surface area contributed by atoms with Gasteiger partial charge in [-0.2, -0.15) is 4.72 Å². The number of sulfonamides is 1. The van der Waals surface area contributed by atoms with Crippen LogP contribution < -0.4 is 10.3 Å². The Balaban J connectivity index is 1.86. The van der Waals surface area contributed by atoms with Gasteiger partial charge in [-0.25, -0.2) is 8.42 Å². The molecule has 1 aliphatic rings. The van der Waals surface area contributed by atoms with Crippen LogP contribution >= 0.6 is 0 Å². The zero-order valence-electron chi connectivity index (χ0n) is 17.0. The molecule has 1 aromatic heterocycles. The summed E-state index contributed by atoms with van der Waals surface area (Å²) >= 11 is 0. The number of amides is 1. The molecule has 0 aliphatic carbocycles. The smallest absolute Gasteiger partial charge is 0.248 e. The summed E-state index contributed by atoms with van der Waals surface area (Å²) in [5.74, 6) is 0.0228. The number of carbonyl (C=O) groups is 1. The number of aromatic amines is 1. The third kappa shape index (κ3) is 5.45. The molecule has 158 valence electrons. The second kappa shape index (κ2) is 9.09. The van der Waals surface area contributed by atoms with Crippen molar-refractivity contribution < 1.29 is 13.2 Å². The highest BCUT2D eigenvalue weighted by Gasteiger charge is 2.30. The van der Waals surface area contributed by atoms with Gasteiger partial charge in [0.05, 0.1) is 4.90 Å². The van der Waals surface area contributed by atoms with Crippen LogP contribution in [0.1, 0.15) is 46.0 Å². The highest BCUT2D eigenvalue weighted by atomic mass is 32.2. The Kier molecular flexibility index (Phi) is 6.74. The molecule has 2 aromatic rings. The number of pyridine rings is 1. The lowest BCUT2D eigenvalue weighted by Gasteiger charge is -2.27. The van der Waals surface area contributed by atoms with Crippen LogP contribution in [0.2, 0.25) is 0 Å². The number of hydrogen-bond donors (Lipinski definition) is 2. The Morgan fingerprint density at radius 2 is 1.79 bits per heavy atom. The SMILES string of the molecule is CC(C)CC(NS(=O)(=O)c1ccc2[nH]c(=O)ccc2c1)C(=O)N1CCCCCC1. The van der Waals surface area contributed by atoms with E-state index < -0.39 is 16.1 Å². The molecule has 7 nitrogen and oxygen atoms in total. The standard InChI is InChI=1S/C21H29N3O4S/c1-15(2)13-19(21(26)24-11-5-3-4-6-12-24)23-29(27,28)17-8-9-18-16(14-17)7-10-20(25)22-18/h7-10,14-15,19,23H,3-6,11-13H2,1-2H3,(H,22,25). The van der Waals surface area contributed by atoms with Crippen molar-refractivity contribution in [2.24, 2.45) is 5.92 Å². The Morgan fingerprint density at radius 1 is 1.10 bits per heavy atom. The van der Waals surface area contributed by atoms with Crippen molar-refractivity contribution in [1.29, 1.82) is 0 Å². The molecular formula is C21H29N3O4S. The normalized spacial score (nSPS) is 16.7. The maximum absolute atomic E-state index is 13.1. The van der Waals surface area contributed by atoms with Crippen LogP contribution in [-0.4, -0.2) is 43.3 Å². The average molecular weight is 420 g/mol. The number of likely N-dealkylation sites (tertiary alicyclic amines) is 1. The average Bonchev–Trinajstić information content (AvgIpc) is 2.95. The van der Waals surface area contributed by atoms with Gasteiger partial charge >= 0.3 is 0 Å². The van der Waals surface area contributed by atoms with E-state index in [-0.39, 0.29) is 22.3 Å². The quantitative estimate of drug-likeness (QED) is 0.752. The molecule has 1 atom stereocenters. The Hall–Kier alpha value is -2.19. The van der Waals surface area contributed by atoms with E-state index in [9.17, 15) is 18.0 Å². The third-order valence-electron chi connectivity index (χ3n) is 5.23. The lowest BCUT2D eigenvalue weighted by molar-refractivity contribution is -0.133. The summed E-state index contributed by atoms with van der Waals surface area (Å²) in [7, 11) is -3.89. The van der Waals surface area contributed by atoms with Crippen molar-refractivity contribution in [3.8, 4) is 0 Å². The molecule has 2 heterocycles. The number of hydrogen-bond acceptors (Lipinski definition) is 4. The topological polar surface area (TPSA) is 99.3 Å². The lowest BCUT2D eigenvalue weighted by Crippen LogP contribution is -2.49. The molecule has 1 aromatic carbocycles. The molecule has 29 heavy (non-hydrogen) atoms. The second-order valence-electron chi connectivity index (χ2n) is 8.11. The van der Waals surface area contributed by atoms with E-state index in [4.69, 9.17) is 0 Å². The van der Waals surface area contributed by atoms with Gasteiger partial charge in [0.1, 0.15) is 6.04 Å². The molecular weight excluding hydrogens is 390 g/mol. The molecule has 0 bridgehead atoms.